The fraction of sp³-hybridized carbons (Fsp3) is 0.231. The minimum absolute atomic E-state index is 0.241. The van der Waals surface area contributed by atoms with Gasteiger partial charge in [0.15, 0.2) is 5.69 Å². The molecule has 2 aromatic heterocycles. The fourth-order valence-corrected chi connectivity index (χ4v) is 1.62. The number of rotatable bonds is 4. The van der Waals surface area contributed by atoms with Crippen molar-refractivity contribution < 1.29 is 9.53 Å². The Hall–Kier alpha value is -2.50. The van der Waals surface area contributed by atoms with E-state index in [-0.39, 0.29) is 5.69 Å². The number of carbonyl (C=O) groups excluding carboxylic acids is 1. The van der Waals surface area contributed by atoms with Crippen LogP contribution in [0.4, 0.5) is 5.82 Å². The van der Waals surface area contributed by atoms with Gasteiger partial charge in [-0.15, -0.1) is 0 Å². The third-order valence-electron chi connectivity index (χ3n) is 2.58. The largest absolute Gasteiger partial charge is 0.464 e. The lowest BCUT2D eigenvalue weighted by molar-refractivity contribution is 0.0594. The van der Waals surface area contributed by atoms with Crippen molar-refractivity contribution in [2.45, 2.75) is 6.54 Å². The van der Waals surface area contributed by atoms with Crippen LogP contribution in [-0.2, 0) is 11.3 Å². The van der Waals surface area contributed by atoms with E-state index in [1.807, 2.05) is 24.1 Å². The van der Waals surface area contributed by atoms with Crippen molar-refractivity contribution >= 4 is 11.8 Å². The first-order valence-electron chi connectivity index (χ1n) is 5.71. The summed E-state index contributed by atoms with van der Waals surface area (Å²) in [7, 11) is 3.21. The molecule has 19 heavy (non-hydrogen) atoms. The number of methoxy groups -OCH3 is 1. The first-order chi connectivity index (χ1) is 9.20. The monoisotopic (exact) mass is 258 g/mol. The SMILES string of the molecule is COC(=O)c1cc(N(C)Cc2cccnc2)ncn1. The summed E-state index contributed by atoms with van der Waals surface area (Å²) in [6.45, 7) is 0.644. The smallest absolute Gasteiger partial charge is 0.356 e. The Morgan fingerprint density at radius 2 is 2.26 bits per heavy atom. The minimum Gasteiger partial charge on any atom is -0.464 e. The van der Waals surface area contributed by atoms with Crippen molar-refractivity contribution in [2.24, 2.45) is 0 Å². The maximum atomic E-state index is 11.4. The molecule has 0 radical (unpaired) electrons. The first kappa shape index (κ1) is 12.9. The van der Waals surface area contributed by atoms with Crippen LogP contribution in [-0.4, -0.2) is 35.1 Å². The number of esters is 1. The summed E-state index contributed by atoms with van der Waals surface area (Å²) in [6, 6.07) is 5.46. The molecule has 2 aromatic rings. The van der Waals surface area contributed by atoms with Crippen molar-refractivity contribution in [3.63, 3.8) is 0 Å². The van der Waals surface area contributed by atoms with Gasteiger partial charge in [-0.1, -0.05) is 6.07 Å². The van der Waals surface area contributed by atoms with Crippen molar-refractivity contribution in [1.29, 1.82) is 0 Å². The number of hydrogen-bond donors (Lipinski definition) is 0. The van der Waals surface area contributed by atoms with Crippen LogP contribution < -0.4 is 4.90 Å². The second-order valence-corrected chi connectivity index (χ2v) is 3.97. The third-order valence-corrected chi connectivity index (χ3v) is 2.58. The van der Waals surface area contributed by atoms with Crippen LogP contribution in [0.2, 0.25) is 0 Å². The molecule has 0 fully saturated rings. The van der Waals surface area contributed by atoms with E-state index in [4.69, 9.17) is 0 Å². The van der Waals surface area contributed by atoms with Gasteiger partial charge in [-0.2, -0.15) is 0 Å². The lowest BCUT2D eigenvalue weighted by Crippen LogP contribution is -2.19. The predicted molar refractivity (Wildman–Crippen MR) is 69.7 cm³/mol. The molecule has 0 N–H and O–H groups in total. The van der Waals surface area contributed by atoms with Crippen molar-refractivity contribution in [1.82, 2.24) is 15.0 Å². The van der Waals surface area contributed by atoms with Crippen LogP contribution in [0.1, 0.15) is 16.1 Å². The molecule has 6 heteroatoms. The van der Waals surface area contributed by atoms with Crippen LogP contribution in [0.3, 0.4) is 0 Å². The normalized spacial score (nSPS) is 10.0. The van der Waals surface area contributed by atoms with Gasteiger partial charge < -0.3 is 9.64 Å². The Labute approximate surface area is 111 Å². The molecular weight excluding hydrogens is 244 g/mol. The molecule has 0 aromatic carbocycles. The molecule has 2 heterocycles. The van der Waals surface area contributed by atoms with Crippen molar-refractivity contribution in [3.05, 3.63) is 48.2 Å². The quantitative estimate of drug-likeness (QED) is 0.770. The van der Waals surface area contributed by atoms with E-state index in [0.717, 1.165) is 5.56 Å². The molecule has 0 saturated heterocycles. The van der Waals surface area contributed by atoms with Gasteiger partial charge in [0.2, 0.25) is 0 Å². The molecular formula is C13H14N4O2. The standard InChI is InChI=1S/C13H14N4O2/c1-17(8-10-4-3-5-14-7-10)12-6-11(13(18)19-2)15-9-16-12/h3-7,9H,8H2,1-2H3. The van der Waals surface area contributed by atoms with Gasteiger partial charge in [0, 0.05) is 32.1 Å². The number of pyridine rings is 1. The highest BCUT2D eigenvalue weighted by atomic mass is 16.5. The molecule has 0 aliphatic carbocycles. The zero-order valence-corrected chi connectivity index (χ0v) is 10.8. The number of anilines is 1. The van der Waals surface area contributed by atoms with E-state index >= 15 is 0 Å². The van der Waals surface area contributed by atoms with Crippen LogP contribution in [0.5, 0.6) is 0 Å². The molecule has 0 bridgehead atoms. The highest BCUT2D eigenvalue weighted by molar-refractivity contribution is 5.87. The molecule has 0 amide bonds. The predicted octanol–water partition coefficient (Wildman–Crippen LogP) is 1.29. The molecule has 98 valence electrons. The third kappa shape index (κ3) is 3.25. The fourth-order valence-electron chi connectivity index (χ4n) is 1.62. The van der Waals surface area contributed by atoms with Gasteiger partial charge in [0.05, 0.1) is 7.11 Å². The molecule has 0 spiro atoms. The van der Waals surface area contributed by atoms with E-state index in [1.165, 1.54) is 13.4 Å². The lowest BCUT2D eigenvalue weighted by atomic mass is 10.2. The second-order valence-electron chi connectivity index (χ2n) is 3.97. The van der Waals surface area contributed by atoms with Gasteiger partial charge in [-0.3, -0.25) is 4.98 Å². The zero-order chi connectivity index (χ0) is 13.7. The maximum Gasteiger partial charge on any atom is 0.356 e. The Morgan fingerprint density at radius 1 is 1.42 bits per heavy atom. The van der Waals surface area contributed by atoms with Gasteiger partial charge in [-0.25, -0.2) is 14.8 Å². The highest BCUT2D eigenvalue weighted by Crippen LogP contribution is 2.12. The van der Waals surface area contributed by atoms with E-state index in [1.54, 1.807) is 18.5 Å². The summed E-state index contributed by atoms with van der Waals surface area (Å²) < 4.78 is 4.63. The van der Waals surface area contributed by atoms with Crippen molar-refractivity contribution in [3.8, 4) is 0 Å². The van der Waals surface area contributed by atoms with Gasteiger partial charge in [0.25, 0.3) is 0 Å². The van der Waals surface area contributed by atoms with Crippen molar-refractivity contribution in [2.75, 3.05) is 19.1 Å². The molecule has 2 rings (SSSR count). The number of nitrogens with zero attached hydrogens (tertiary/aromatic N) is 4. The average Bonchev–Trinajstić information content (AvgIpc) is 2.47. The Morgan fingerprint density at radius 3 is 2.95 bits per heavy atom. The Balaban J connectivity index is 2.15. The second kappa shape index (κ2) is 5.90. The Bertz CT molecular complexity index is 560. The average molecular weight is 258 g/mol. The van der Waals surface area contributed by atoms with Crippen LogP contribution >= 0.6 is 0 Å². The minimum atomic E-state index is -0.474. The summed E-state index contributed by atoms with van der Waals surface area (Å²) in [5.74, 6) is 0.178. The van der Waals surface area contributed by atoms with Gasteiger partial charge in [-0.05, 0) is 11.6 Å². The Kier molecular flexibility index (Phi) is 4.02. The maximum absolute atomic E-state index is 11.4. The molecule has 0 aliphatic heterocycles. The van der Waals surface area contributed by atoms with E-state index in [0.29, 0.717) is 12.4 Å². The van der Waals surface area contributed by atoms with E-state index in [2.05, 4.69) is 19.7 Å². The molecule has 0 atom stereocenters. The zero-order valence-electron chi connectivity index (χ0n) is 10.8. The molecule has 0 aliphatic rings. The van der Waals surface area contributed by atoms with Gasteiger partial charge >= 0.3 is 5.97 Å². The van der Waals surface area contributed by atoms with Crippen LogP contribution in [0.15, 0.2) is 36.9 Å². The number of carbonyl (C=O) groups is 1. The lowest BCUT2D eigenvalue weighted by Gasteiger charge is -2.17. The summed E-state index contributed by atoms with van der Waals surface area (Å²) in [6.07, 6.45) is 4.86. The molecule has 0 saturated carbocycles. The van der Waals surface area contributed by atoms with E-state index in [9.17, 15) is 4.79 Å². The number of hydrogen-bond acceptors (Lipinski definition) is 6. The summed E-state index contributed by atoms with van der Waals surface area (Å²) >= 11 is 0. The van der Waals surface area contributed by atoms with Gasteiger partial charge in [0.1, 0.15) is 12.1 Å². The highest BCUT2D eigenvalue weighted by Gasteiger charge is 2.11. The van der Waals surface area contributed by atoms with Crippen LogP contribution in [0.25, 0.3) is 0 Å². The van der Waals surface area contributed by atoms with E-state index < -0.39 is 5.97 Å². The molecule has 0 unspecified atom stereocenters. The number of ether oxygens (including phenoxy) is 1. The summed E-state index contributed by atoms with van der Waals surface area (Å²) in [4.78, 5) is 25.4. The summed E-state index contributed by atoms with van der Waals surface area (Å²) in [5.41, 5.74) is 1.30. The first-order valence-corrected chi connectivity index (χ1v) is 5.71. The number of aromatic nitrogens is 3. The molecule has 6 nitrogen and oxygen atoms in total. The van der Waals surface area contributed by atoms with Crippen LogP contribution in [0, 0.1) is 0 Å². The summed E-state index contributed by atoms with van der Waals surface area (Å²) in [5, 5.41) is 0. The topological polar surface area (TPSA) is 68.2 Å².